The molecule has 0 N–H and O–H groups in total. The van der Waals surface area contributed by atoms with Crippen LogP contribution in [0, 0.1) is 0 Å². The van der Waals surface area contributed by atoms with Gasteiger partial charge in [0.2, 0.25) is 0 Å². The Labute approximate surface area is 143 Å². The van der Waals surface area contributed by atoms with E-state index in [9.17, 15) is 0 Å². The van der Waals surface area contributed by atoms with Gasteiger partial charge >= 0.3 is 0 Å². The number of halogens is 2. The monoisotopic (exact) mass is 346 g/mol. The third-order valence-electron chi connectivity index (χ3n) is 3.09. The lowest BCUT2D eigenvalue weighted by Gasteiger charge is -2.05. The summed E-state index contributed by atoms with van der Waals surface area (Å²) in [5.74, 6) is 0.740. The molecular formula is C17H12Cl2N2S. The van der Waals surface area contributed by atoms with Gasteiger partial charge in [-0.05, 0) is 29.8 Å². The Hall–Kier alpha value is -1.55. The molecule has 0 amide bonds. The van der Waals surface area contributed by atoms with Crippen LogP contribution in [0.1, 0.15) is 5.56 Å². The summed E-state index contributed by atoms with van der Waals surface area (Å²) in [4.78, 5) is 8.89. The molecule has 22 heavy (non-hydrogen) atoms. The Morgan fingerprint density at radius 2 is 1.68 bits per heavy atom. The van der Waals surface area contributed by atoms with Crippen molar-refractivity contribution in [1.29, 1.82) is 0 Å². The van der Waals surface area contributed by atoms with Gasteiger partial charge in [-0.15, -0.1) is 0 Å². The first-order chi connectivity index (χ1) is 10.7. The van der Waals surface area contributed by atoms with E-state index in [4.69, 9.17) is 23.2 Å². The minimum Gasteiger partial charge on any atom is -0.231 e. The Morgan fingerprint density at radius 3 is 2.45 bits per heavy atom. The third kappa shape index (κ3) is 3.80. The van der Waals surface area contributed by atoms with Gasteiger partial charge in [0.05, 0.1) is 5.69 Å². The molecule has 0 spiro atoms. The Bertz CT molecular complexity index is 776. The van der Waals surface area contributed by atoms with Crippen molar-refractivity contribution in [2.75, 3.05) is 0 Å². The van der Waals surface area contributed by atoms with E-state index in [1.165, 1.54) is 0 Å². The number of aromatic nitrogens is 2. The van der Waals surface area contributed by atoms with Crippen LogP contribution in [0.3, 0.4) is 0 Å². The summed E-state index contributed by atoms with van der Waals surface area (Å²) in [6, 6.07) is 17.3. The molecule has 110 valence electrons. The summed E-state index contributed by atoms with van der Waals surface area (Å²) in [6.45, 7) is 0. The van der Waals surface area contributed by atoms with Crippen LogP contribution in [-0.4, -0.2) is 9.97 Å². The fourth-order valence-electron chi connectivity index (χ4n) is 1.95. The zero-order valence-electron chi connectivity index (χ0n) is 11.5. The van der Waals surface area contributed by atoms with Crippen molar-refractivity contribution in [2.45, 2.75) is 10.9 Å². The van der Waals surface area contributed by atoms with Crippen molar-refractivity contribution >= 4 is 35.0 Å². The highest BCUT2D eigenvalue weighted by atomic mass is 35.5. The maximum Gasteiger partial charge on any atom is 0.188 e. The van der Waals surface area contributed by atoms with E-state index in [1.54, 1.807) is 18.0 Å². The van der Waals surface area contributed by atoms with Crippen molar-refractivity contribution in [1.82, 2.24) is 9.97 Å². The van der Waals surface area contributed by atoms with Gasteiger partial charge < -0.3 is 0 Å². The number of nitrogens with zero attached hydrogens (tertiary/aromatic N) is 2. The summed E-state index contributed by atoms with van der Waals surface area (Å²) < 4.78 is 0. The maximum atomic E-state index is 6.17. The van der Waals surface area contributed by atoms with E-state index >= 15 is 0 Å². The molecule has 1 heterocycles. The molecule has 3 rings (SSSR count). The molecule has 2 nitrogen and oxygen atoms in total. The second-order valence-electron chi connectivity index (χ2n) is 4.61. The highest BCUT2D eigenvalue weighted by molar-refractivity contribution is 7.98. The van der Waals surface area contributed by atoms with Crippen LogP contribution < -0.4 is 0 Å². The molecule has 0 aliphatic carbocycles. The van der Waals surface area contributed by atoms with E-state index in [0.717, 1.165) is 32.8 Å². The normalized spacial score (nSPS) is 10.6. The van der Waals surface area contributed by atoms with Crippen molar-refractivity contribution in [3.8, 4) is 11.3 Å². The minimum atomic E-state index is 0.714. The topological polar surface area (TPSA) is 25.8 Å². The van der Waals surface area contributed by atoms with Gasteiger partial charge in [-0.2, -0.15) is 0 Å². The molecule has 0 saturated carbocycles. The Balaban J connectivity index is 1.77. The van der Waals surface area contributed by atoms with Crippen molar-refractivity contribution in [3.05, 3.63) is 76.4 Å². The Morgan fingerprint density at radius 1 is 0.909 bits per heavy atom. The van der Waals surface area contributed by atoms with Crippen LogP contribution in [0.15, 0.2) is 66.0 Å². The van der Waals surface area contributed by atoms with Crippen molar-refractivity contribution < 1.29 is 0 Å². The number of rotatable bonds is 4. The van der Waals surface area contributed by atoms with Crippen LogP contribution in [-0.2, 0) is 5.75 Å². The standard InChI is InChI=1S/C17H12Cl2N2S/c18-14-7-5-12(6-8-14)16-9-10-20-17(21-16)22-11-13-3-1-2-4-15(13)19/h1-10H,11H2. The van der Waals surface area contributed by atoms with Crippen molar-refractivity contribution in [3.63, 3.8) is 0 Å². The molecule has 0 radical (unpaired) electrons. The highest BCUT2D eigenvalue weighted by Crippen LogP contribution is 2.26. The fourth-order valence-corrected chi connectivity index (χ4v) is 3.19. The lowest BCUT2D eigenvalue weighted by Crippen LogP contribution is -1.91. The van der Waals surface area contributed by atoms with Gasteiger partial charge in [-0.25, -0.2) is 9.97 Å². The van der Waals surface area contributed by atoms with Gasteiger partial charge in [0.15, 0.2) is 5.16 Å². The number of benzene rings is 2. The predicted molar refractivity (Wildman–Crippen MR) is 93.5 cm³/mol. The molecule has 0 saturated heterocycles. The molecule has 2 aromatic carbocycles. The molecule has 0 aliphatic heterocycles. The zero-order chi connectivity index (χ0) is 15.4. The molecule has 5 heteroatoms. The fraction of sp³-hybridized carbons (Fsp3) is 0.0588. The van der Waals surface area contributed by atoms with Crippen LogP contribution in [0.2, 0.25) is 10.0 Å². The lowest BCUT2D eigenvalue weighted by molar-refractivity contribution is 0.972. The average molecular weight is 347 g/mol. The van der Waals surface area contributed by atoms with E-state index in [0.29, 0.717) is 5.02 Å². The maximum absolute atomic E-state index is 6.17. The van der Waals surface area contributed by atoms with Gasteiger partial charge in [-0.3, -0.25) is 0 Å². The first-order valence-corrected chi connectivity index (χ1v) is 8.42. The zero-order valence-corrected chi connectivity index (χ0v) is 13.9. The average Bonchev–Trinajstić information content (AvgIpc) is 2.55. The molecule has 0 bridgehead atoms. The summed E-state index contributed by atoms with van der Waals surface area (Å²) >= 11 is 13.6. The largest absolute Gasteiger partial charge is 0.231 e. The van der Waals surface area contributed by atoms with Crippen LogP contribution >= 0.6 is 35.0 Å². The molecule has 3 aromatic rings. The quantitative estimate of drug-likeness (QED) is 0.444. The first kappa shape index (κ1) is 15.3. The minimum absolute atomic E-state index is 0.714. The van der Waals surface area contributed by atoms with Crippen LogP contribution in [0.4, 0.5) is 0 Å². The summed E-state index contributed by atoms with van der Waals surface area (Å²) in [7, 11) is 0. The SMILES string of the molecule is Clc1ccc(-c2ccnc(SCc3ccccc3Cl)n2)cc1. The molecule has 0 unspecified atom stereocenters. The van der Waals surface area contributed by atoms with Crippen LogP contribution in [0.25, 0.3) is 11.3 Å². The van der Waals surface area contributed by atoms with Crippen molar-refractivity contribution in [2.24, 2.45) is 0 Å². The molecule has 1 aromatic heterocycles. The molecule has 0 aliphatic rings. The number of hydrogen-bond acceptors (Lipinski definition) is 3. The summed E-state index contributed by atoms with van der Waals surface area (Å²) in [5.41, 5.74) is 2.98. The smallest absolute Gasteiger partial charge is 0.188 e. The number of hydrogen-bond donors (Lipinski definition) is 0. The number of thioether (sulfide) groups is 1. The third-order valence-corrected chi connectivity index (χ3v) is 4.62. The van der Waals surface area contributed by atoms with E-state index in [-0.39, 0.29) is 0 Å². The Kier molecular flexibility index (Phi) is 4.98. The summed E-state index contributed by atoms with van der Waals surface area (Å²) in [5, 5.41) is 2.21. The van der Waals surface area contributed by atoms with Gasteiger partial charge in [0, 0.05) is 27.6 Å². The molecule has 0 atom stereocenters. The van der Waals surface area contributed by atoms with Gasteiger partial charge in [-0.1, -0.05) is 65.3 Å². The highest BCUT2D eigenvalue weighted by Gasteiger charge is 2.05. The summed E-state index contributed by atoms with van der Waals surface area (Å²) in [6.07, 6.45) is 1.77. The first-order valence-electron chi connectivity index (χ1n) is 6.67. The van der Waals surface area contributed by atoms with E-state index in [2.05, 4.69) is 9.97 Å². The lowest BCUT2D eigenvalue weighted by atomic mass is 10.1. The second kappa shape index (κ2) is 7.14. The van der Waals surface area contributed by atoms with E-state index < -0.39 is 0 Å². The van der Waals surface area contributed by atoms with E-state index in [1.807, 2.05) is 54.6 Å². The molecule has 0 fully saturated rings. The predicted octanol–water partition coefficient (Wildman–Crippen LogP) is 5.74. The molecular weight excluding hydrogens is 335 g/mol. The second-order valence-corrected chi connectivity index (χ2v) is 6.40. The van der Waals surface area contributed by atoms with Crippen LogP contribution in [0.5, 0.6) is 0 Å². The van der Waals surface area contributed by atoms with Gasteiger partial charge in [0.25, 0.3) is 0 Å². The van der Waals surface area contributed by atoms with Gasteiger partial charge in [0.1, 0.15) is 0 Å².